The molecule has 0 aliphatic rings. The highest BCUT2D eigenvalue weighted by molar-refractivity contribution is 6.31. The summed E-state index contributed by atoms with van der Waals surface area (Å²) in [5.74, 6) is -0.371. The Balaban J connectivity index is 2.28. The average Bonchev–Trinajstić information content (AvgIpc) is 2.32. The SMILES string of the molecule is Cc1ccc(O)c(NC(=O)c2cc(N)cc(Cl)c2)c1. The molecular formula is C14H13ClN2O2. The lowest BCUT2D eigenvalue weighted by Gasteiger charge is -2.09. The molecule has 0 aliphatic carbocycles. The number of phenolic OH excluding ortho intramolecular Hbond substituents is 1. The maximum atomic E-state index is 12.0. The number of aromatic hydroxyl groups is 1. The highest BCUT2D eigenvalue weighted by Gasteiger charge is 2.10. The van der Waals surface area contributed by atoms with Gasteiger partial charge in [-0.25, -0.2) is 0 Å². The van der Waals surface area contributed by atoms with E-state index in [0.29, 0.717) is 22.0 Å². The molecule has 0 bridgehead atoms. The Kier molecular flexibility index (Phi) is 3.62. The van der Waals surface area contributed by atoms with Gasteiger partial charge in [0.2, 0.25) is 0 Å². The van der Waals surface area contributed by atoms with Crippen LogP contribution in [0, 0.1) is 6.92 Å². The third kappa shape index (κ3) is 3.17. The van der Waals surface area contributed by atoms with Crippen molar-refractivity contribution in [2.45, 2.75) is 6.92 Å². The average molecular weight is 277 g/mol. The van der Waals surface area contributed by atoms with Gasteiger partial charge in [-0.05, 0) is 42.8 Å². The van der Waals surface area contributed by atoms with Crippen molar-refractivity contribution >= 4 is 28.9 Å². The molecule has 0 saturated heterocycles. The van der Waals surface area contributed by atoms with E-state index >= 15 is 0 Å². The molecule has 5 heteroatoms. The van der Waals surface area contributed by atoms with Crippen molar-refractivity contribution in [2.24, 2.45) is 0 Å². The highest BCUT2D eigenvalue weighted by Crippen LogP contribution is 2.25. The molecule has 4 nitrogen and oxygen atoms in total. The number of rotatable bonds is 2. The van der Waals surface area contributed by atoms with Crippen LogP contribution in [0.2, 0.25) is 5.02 Å². The quantitative estimate of drug-likeness (QED) is 0.582. The van der Waals surface area contributed by atoms with E-state index in [0.717, 1.165) is 5.56 Å². The minimum atomic E-state index is -0.380. The van der Waals surface area contributed by atoms with Gasteiger partial charge < -0.3 is 16.2 Å². The summed E-state index contributed by atoms with van der Waals surface area (Å²) in [6.45, 7) is 1.87. The van der Waals surface area contributed by atoms with Crippen molar-refractivity contribution in [2.75, 3.05) is 11.1 Å². The molecule has 0 spiro atoms. The molecule has 98 valence electrons. The number of benzene rings is 2. The fraction of sp³-hybridized carbons (Fsp3) is 0.0714. The Bertz CT molecular complexity index is 621. The first-order chi connectivity index (χ1) is 8.95. The summed E-state index contributed by atoms with van der Waals surface area (Å²) in [6.07, 6.45) is 0. The van der Waals surface area contributed by atoms with Crippen molar-refractivity contribution in [1.29, 1.82) is 0 Å². The Hall–Kier alpha value is -2.20. The first-order valence-corrected chi connectivity index (χ1v) is 6.00. The molecule has 0 fully saturated rings. The van der Waals surface area contributed by atoms with Crippen LogP contribution in [0.15, 0.2) is 36.4 Å². The van der Waals surface area contributed by atoms with Gasteiger partial charge in [-0.1, -0.05) is 17.7 Å². The molecule has 2 aromatic carbocycles. The van der Waals surface area contributed by atoms with Crippen LogP contribution in [0.1, 0.15) is 15.9 Å². The first-order valence-electron chi connectivity index (χ1n) is 5.63. The number of amides is 1. The summed E-state index contributed by atoms with van der Waals surface area (Å²) >= 11 is 5.84. The molecule has 2 aromatic rings. The van der Waals surface area contributed by atoms with Crippen molar-refractivity contribution in [3.05, 3.63) is 52.5 Å². The number of carbonyl (C=O) groups is 1. The second-order valence-electron chi connectivity index (χ2n) is 4.25. The van der Waals surface area contributed by atoms with E-state index in [-0.39, 0.29) is 11.7 Å². The Morgan fingerprint density at radius 3 is 2.68 bits per heavy atom. The number of aryl methyl sites for hydroxylation is 1. The molecule has 2 rings (SSSR count). The summed E-state index contributed by atoms with van der Waals surface area (Å²) in [5, 5.41) is 12.7. The monoisotopic (exact) mass is 276 g/mol. The Morgan fingerprint density at radius 1 is 1.26 bits per heavy atom. The molecule has 0 aliphatic heterocycles. The molecular weight excluding hydrogens is 264 g/mol. The van der Waals surface area contributed by atoms with Crippen molar-refractivity contribution in [3.8, 4) is 5.75 Å². The van der Waals surface area contributed by atoms with Gasteiger partial charge in [0.1, 0.15) is 5.75 Å². The second kappa shape index (κ2) is 5.20. The summed E-state index contributed by atoms with van der Waals surface area (Å²) < 4.78 is 0. The number of carbonyl (C=O) groups excluding carboxylic acids is 1. The predicted octanol–water partition coefficient (Wildman–Crippen LogP) is 3.19. The zero-order valence-electron chi connectivity index (χ0n) is 10.3. The van der Waals surface area contributed by atoms with Crippen LogP contribution in [-0.4, -0.2) is 11.0 Å². The number of phenols is 1. The van der Waals surface area contributed by atoms with Crippen molar-refractivity contribution < 1.29 is 9.90 Å². The number of nitrogens with one attached hydrogen (secondary N) is 1. The van der Waals surface area contributed by atoms with Crippen LogP contribution in [0.5, 0.6) is 5.75 Å². The number of halogens is 1. The molecule has 1 amide bonds. The van der Waals surface area contributed by atoms with Gasteiger partial charge in [0, 0.05) is 16.3 Å². The number of nitrogen functional groups attached to an aromatic ring is 1. The van der Waals surface area contributed by atoms with E-state index in [2.05, 4.69) is 5.32 Å². The van der Waals surface area contributed by atoms with Gasteiger partial charge in [0.05, 0.1) is 5.69 Å². The van der Waals surface area contributed by atoms with E-state index in [1.54, 1.807) is 18.2 Å². The minimum Gasteiger partial charge on any atom is -0.506 e. The number of anilines is 2. The number of nitrogens with two attached hydrogens (primary N) is 1. The van der Waals surface area contributed by atoms with Crippen LogP contribution < -0.4 is 11.1 Å². The number of hydrogen-bond donors (Lipinski definition) is 3. The molecule has 0 radical (unpaired) electrons. The minimum absolute atomic E-state index is 0.00829. The van der Waals surface area contributed by atoms with Gasteiger partial charge >= 0.3 is 0 Å². The van der Waals surface area contributed by atoms with E-state index < -0.39 is 0 Å². The fourth-order valence-corrected chi connectivity index (χ4v) is 1.93. The maximum absolute atomic E-state index is 12.0. The third-order valence-corrected chi connectivity index (χ3v) is 2.80. The van der Waals surface area contributed by atoms with Gasteiger partial charge in [0.25, 0.3) is 5.91 Å². The van der Waals surface area contributed by atoms with Gasteiger partial charge in [-0.15, -0.1) is 0 Å². The zero-order chi connectivity index (χ0) is 14.0. The van der Waals surface area contributed by atoms with Gasteiger partial charge in [-0.3, -0.25) is 4.79 Å². The van der Waals surface area contributed by atoms with E-state index in [1.807, 2.05) is 6.92 Å². The van der Waals surface area contributed by atoms with Crippen LogP contribution in [0.4, 0.5) is 11.4 Å². The summed E-state index contributed by atoms with van der Waals surface area (Å²) in [6, 6.07) is 9.55. The normalized spacial score (nSPS) is 10.2. The van der Waals surface area contributed by atoms with Crippen LogP contribution in [-0.2, 0) is 0 Å². The van der Waals surface area contributed by atoms with Crippen LogP contribution in [0.25, 0.3) is 0 Å². The zero-order valence-corrected chi connectivity index (χ0v) is 11.0. The van der Waals surface area contributed by atoms with Crippen LogP contribution in [0.3, 0.4) is 0 Å². The second-order valence-corrected chi connectivity index (χ2v) is 4.68. The molecule has 4 N–H and O–H groups in total. The highest BCUT2D eigenvalue weighted by atomic mass is 35.5. The molecule has 0 saturated carbocycles. The largest absolute Gasteiger partial charge is 0.506 e. The van der Waals surface area contributed by atoms with Crippen LogP contribution >= 0.6 is 11.6 Å². The summed E-state index contributed by atoms with van der Waals surface area (Å²) in [5.41, 5.74) is 7.66. The van der Waals surface area contributed by atoms with Crippen molar-refractivity contribution in [3.63, 3.8) is 0 Å². The summed E-state index contributed by atoms with van der Waals surface area (Å²) in [7, 11) is 0. The molecule has 0 atom stereocenters. The Morgan fingerprint density at radius 2 is 2.00 bits per heavy atom. The first kappa shape index (κ1) is 13.2. The molecule has 0 aromatic heterocycles. The van der Waals surface area contributed by atoms with E-state index in [9.17, 15) is 9.90 Å². The smallest absolute Gasteiger partial charge is 0.255 e. The lowest BCUT2D eigenvalue weighted by Crippen LogP contribution is -2.12. The van der Waals surface area contributed by atoms with Gasteiger partial charge in [-0.2, -0.15) is 0 Å². The topological polar surface area (TPSA) is 75.3 Å². The van der Waals surface area contributed by atoms with Gasteiger partial charge in [0.15, 0.2) is 0 Å². The van der Waals surface area contributed by atoms with E-state index in [1.165, 1.54) is 18.2 Å². The Labute approximate surface area is 115 Å². The number of hydrogen-bond acceptors (Lipinski definition) is 3. The standard InChI is InChI=1S/C14H13ClN2O2/c1-8-2-3-13(18)12(4-8)17-14(19)9-5-10(15)7-11(16)6-9/h2-7,18H,16H2,1H3,(H,17,19). The molecule has 0 unspecified atom stereocenters. The van der Waals surface area contributed by atoms with E-state index in [4.69, 9.17) is 17.3 Å². The lowest BCUT2D eigenvalue weighted by molar-refractivity contribution is 0.102. The fourth-order valence-electron chi connectivity index (χ4n) is 1.69. The van der Waals surface area contributed by atoms with Crippen molar-refractivity contribution in [1.82, 2.24) is 0 Å². The lowest BCUT2D eigenvalue weighted by atomic mass is 10.1. The maximum Gasteiger partial charge on any atom is 0.255 e. The summed E-state index contributed by atoms with van der Waals surface area (Å²) in [4.78, 5) is 12.0. The molecule has 0 heterocycles. The third-order valence-electron chi connectivity index (χ3n) is 2.58. The molecule has 19 heavy (non-hydrogen) atoms. The predicted molar refractivity (Wildman–Crippen MR) is 76.7 cm³/mol.